The third-order valence-electron chi connectivity index (χ3n) is 15.3. The molecule has 2 aliphatic rings. The van der Waals surface area contributed by atoms with Crippen LogP contribution in [0.15, 0.2) is 255 Å². The van der Waals surface area contributed by atoms with Crippen LogP contribution in [0.4, 0.5) is 0 Å². The van der Waals surface area contributed by atoms with Crippen molar-refractivity contribution in [3.05, 3.63) is 277 Å². The van der Waals surface area contributed by atoms with E-state index in [0.29, 0.717) is 0 Å². The molecule has 2 nitrogen and oxygen atoms in total. The van der Waals surface area contributed by atoms with Crippen molar-refractivity contribution in [1.82, 2.24) is 9.13 Å². The molecule has 69 heavy (non-hydrogen) atoms. The van der Waals surface area contributed by atoms with E-state index < -0.39 is 5.41 Å². The van der Waals surface area contributed by atoms with Gasteiger partial charge >= 0.3 is 0 Å². The van der Waals surface area contributed by atoms with E-state index >= 15 is 0 Å². The third-order valence-corrected chi connectivity index (χ3v) is 15.3. The normalized spacial score (nSPS) is 13.0. The van der Waals surface area contributed by atoms with E-state index in [2.05, 4.69) is 264 Å². The van der Waals surface area contributed by atoms with Gasteiger partial charge in [-0.25, -0.2) is 0 Å². The molecule has 320 valence electrons. The Balaban J connectivity index is 1.07. The minimum atomic E-state index is -0.477. The maximum absolute atomic E-state index is 2.56. The lowest BCUT2D eigenvalue weighted by atomic mass is 9.70. The smallest absolute Gasteiger partial charge is 0.0725 e. The fourth-order valence-corrected chi connectivity index (χ4v) is 12.5. The van der Waals surface area contributed by atoms with Gasteiger partial charge in [-0.3, -0.25) is 0 Å². The molecule has 2 heteroatoms. The van der Waals surface area contributed by atoms with Crippen molar-refractivity contribution in [3.63, 3.8) is 0 Å². The standard InChI is InChI=1S/C67H42N2/c1-2-18-43(19-3-1)44-34-36-45(37-35-44)57-42-62-58(51-22-6-13-29-61(51)67(62)59-27-11-4-20-49(59)50-21-5-12-28-60(50)67)41-56(57)46-38-47(68-63-30-14-7-23-52(63)53-24-8-15-31-64(53)68)40-48(39-46)69-65-32-16-9-25-54(65)55-26-10-17-33-66(55)69/h1-42H. The first-order valence-electron chi connectivity index (χ1n) is 24.0. The molecule has 0 radical (unpaired) electrons. The molecular weight excluding hydrogens is 833 g/mol. The molecule has 0 saturated carbocycles. The molecule has 0 atom stereocenters. The minimum Gasteiger partial charge on any atom is -0.309 e. The third kappa shape index (κ3) is 5.31. The Morgan fingerprint density at radius 1 is 0.217 bits per heavy atom. The Hall–Kier alpha value is -8.98. The average molecular weight is 875 g/mol. The highest BCUT2D eigenvalue weighted by molar-refractivity contribution is 6.11. The van der Waals surface area contributed by atoms with Gasteiger partial charge in [0.05, 0.1) is 27.5 Å². The largest absolute Gasteiger partial charge is 0.309 e. The summed E-state index contributed by atoms with van der Waals surface area (Å²) < 4.78 is 4.95. The van der Waals surface area contributed by atoms with E-state index in [1.54, 1.807) is 0 Å². The summed E-state index contributed by atoms with van der Waals surface area (Å²) in [5.74, 6) is 0. The monoisotopic (exact) mass is 874 g/mol. The topological polar surface area (TPSA) is 9.86 Å². The highest BCUT2D eigenvalue weighted by Gasteiger charge is 2.51. The van der Waals surface area contributed by atoms with E-state index in [4.69, 9.17) is 0 Å². The number of nitrogens with zero attached hydrogens (tertiary/aromatic N) is 2. The summed E-state index contributed by atoms with van der Waals surface area (Å²) in [5, 5.41) is 4.97. The second-order valence-electron chi connectivity index (χ2n) is 18.8. The highest BCUT2D eigenvalue weighted by Crippen LogP contribution is 2.64. The number of hydrogen-bond acceptors (Lipinski definition) is 0. The van der Waals surface area contributed by atoms with Crippen molar-refractivity contribution in [3.8, 4) is 67.0 Å². The second-order valence-corrected chi connectivity index (χ2v) is 18.8. The van der Waals surface area contributed by atoms with Crippen LogP contribution in [0, 0.1) is 0 Å². The summed E-state index contributed by atoms with van der Waals surface area (Å²) in [6, 6.07) is 95.2. The lowest BCUT2D eigenvalue weighted by Gasteiger charge is -2.31. The van der Waals surface area contributed by atoms with Crippen molar-refractivity contribution in [2.75, 3.05) is 0 Å². The molecule has 0 amide bonds. The molecular formula is C67H42N2. The molecule has 0 fully saturated rings. The predicted octanol–water partition coefficient (Wildman–Crippen LogP) is 17.2. The summed E-state index contributed by atoms with van der Waals surface area (Å²) >= 11 is 0. The average Bonchev–Trinajstić information content (AvgIpc) is 4.13. The maximum Gasteiger partial charge on any atom is 0.0725 e. The van der Waals surface area contributed by atoms with Crippen LogP contribution in [0.2, 0.25) is 0 Å². The second kappa shape index (κ2) is 14.5. The van der Waals surface area contributed by atoms with Crippen molar-refractivity contribution < 1.29 is 0 Å². The Morgan fingerprint density at radius 2 is 0.580 bits per heavy atom. The molecule has 2 aliphatic carbocycles. The molecule has 0 unspecified atom stereocenters. The van der Waals surface area contributed by atoms with Gasteiger partial charge in [0.1, 0.15) is 0 Å². The number of rotatable bonds is 5. The summed E-state index contributed by atoms with van der Waals surface area (Å²) in [6.45, 7) is 0. The first-order chi connectivity index (χ1) is 34.2. The lowest BCUT2D eigenvalue weighted by Crippen LogP contribution is -2.25. The molecule has 0 saturated heterocycles. The van der Waals surface area contributed by atoms with Gasteiger partial charge < -0.3 is 9.13 Å². The highest BCUT2D eigenvalue weighted by atomic mass is 15.0. The van der Waals surface area contributed by atoms with E-state index in [9.17, 15) is 0 Å². The molecule has 0 bridgehead atoms. The van der Waals surface area contributed by atoms with Gasteiger partial charge in [-0.1, -0.05) is 200 Å². The summed E-state index contributed by atoms with van der Waals surface area (Å²) in [6.07, 6.45) is 0. The predicted molar refractivity (Wildman–Crippen MR) is 288 cm³/mol. The zero-order valence-electron chi connectivity index (χ0n) is 37.6. The Morgan fingerprint density at radius 3 is 1.06 bits per heavy atom. The van der Waals surface area contributed by atoms with Crippen LogP contribution in [0.3, 0.4) is 0 Å². The summed E-state index contributed by atoms with van der Waals surface area (Å²) in [4.78, 5) is 0. The Kier molecular flexibility index (Phi) is 8.02. The van der Waals surface area contributed by atoms with Gasteiger partial charge in [-0.15, -0.1) is 0 Å². The lowest BCUT2D eigenvalue weighted by molar-refractivity contribution is 0.794. The van der Waals surface area contributed by atoms with Gasteiger partial charge in [-0.05, 0) is 132 Å². The van der Waals surface area contributed by atoms with E-state index in [1.807, 2.05) is 0 Å². The van der Waals surface area contributed by atoms with Gasteiger partial charge in [0.15, 0.2) is 0 Å². The first kappa shape index (κ1) is 38.2. The summed E-state index contributed by atoms with van der Waals surface area (Å²) in [5.41, 5.74) is 24.2. The molecule has 1 spiro atoms. The van der Waals surface area contributed by atoms with Gasteiger partial charge in [0.25, 0.3) is 0 Å². The molecule has 2 heterocycles. The van der Waals surface area contributed by atoms with Crippen LogP contribution in [0.25, 0.3) is 111 Å². The number of hydrogen-bond donors (Lipinski definition) is 0. The quantitative estimate of drug-likeness (QED) is 0.163. The number of aromatic nitrogens is 2. The zero-order chi connectivity index (χ0) is 45.2. The fourth-order valence-electron chi connectivity index (χ4n) is 12.5. The maximum atomic E-state index is 2.56. The summed E-state index contributed by atoms with van der Waals surface area (Å²) in [7, 11) is 0. The Labute approximate surface area is 400 Å². The van der Waals surface area contributed by atoms with Gasteiger partial charge in [0, 0.05) is 32.9 Å². The van der Waals surface area contributed by atoms with E-state index in [0.717, 1.165) is 16.9 Å². The van der Waals surface area contributed by atoms with Crippen LogP contribution in [-0.4, -0.2) is 9.13 Å². The van der Waals surface area contributed by atoms with Crippen molar-refractivity contribution >= 4 is 43.6 Å². The number of benzene rings is 11. The Bertz CT molecular complexity index is 3960. The first-order valence-corrected chi connectivity index (χ1v) is 24.0. The van der Waals surface area contributed by atoms with E-state index in [1.165, 1.54) is 116 Å². The van der Waals surface area contributed by atoms with Crippen LogP contribution in [0.1, 0.15) is 22.3 Å². The minimum absolute atomic E-state index is 0.477. The van der Waals surface area contributed by atoms with Crippen LogP contribution < -0.4 is 0 Å². The zero-order valence-corrected chi connectivity index (χ0v) is 37.6. The molecule has 2 aromatic heterocycles. The fraction of sp³-hybridized carbons (Fsp3) is 0.0149. The van der Waals surface area contributed by atoms with Gasteiger partial charge in [0.2, 0.25) is 0 Å². The van der Waals surface area contributed by atoms with Crippen LogP contribution in [0.5, 0.6) is 0 Å². The van der Waals surface area contributed by atoms with Crippen molar-refractivity contribution in [2.45, 2.75) is 5.41 Å². The number of fused-ring (bicyclic) bond motifs is 16. The molecule has 0 N–H and O–H groups in total. The van der Waals surface area contributed by atoms with Crippen LogP contribution >= 0.6 is 0 Å². The molecule has 0 aliphatic heterocycles. The van der Waals surface area contributed by atoms with Crippen LogP contribution in [-0.2, 0) is 5.41 Å². The van der Waals surface area contributed by atoms with E-state index in [-0.39, 0.29) is 0 Å². The molecule has 15 rings (SSSR count). The van der Waals surface area contributed by atoms with Crippen molar-refractivity contribution in [1.29, 1.82) is 0 Å². The molecule has 11 aromatic carbocycles. The molecule has 13 aromatic rings. The van der Waals surface area contributed by atoms with Crippen molar-refractivity contribution in [2.24, 2.45) is 0 Å². The van der Waals surface area contributed by atoms with Gasteiger partial charge in [-0.2, -0.15) is 0 Å². The SMILES string of the molecule is c1ccc(-c2ccc(-c3cc4c(cc3-c3cc(-n5c6ccccc6c6ccccc65)cc(-n5c6ccccc6c6ccccc65)c3)-c3ccccc3C43c4ccccc4-c4ccccc43)cc2)cc1. The number of para-hydroxylation sites is 4.